The lowest BCUT2D eigenvalue weighted by atomic mass is 10.0. The number of carbonyl (C=O) groups is 3. The fraction of sp³-hybridized carbons (Fsp3) is 0.600. The van der Waals surface area contributed by atoms with E-state index >= 15 is 0 Å². The SMILES string of the molecule is CC(C)CC(N/C=C(/C#N)C(=O)NC(C(=O)O)C(C)C)C(=O)O. The summed E-state index contributed by atoms with van der Waals surface area (Å²) in [5, 5.41) is 31.9. The molecule has 0 spiro atoms. The molecule has 0 radical (unpaired) electrons. The van der Waals surface area contributed by atoms with Gasteiger partial charge in [-0.05, 0) is 18.3 Å². The number of carboxylic acid groups (broad SMARTS) is 2. The summed E-state index contributed by atoms with van der Waals surface area (Å²) in [6.07, 6.45) is 1.33. The van der Waals surface area contributed by atoms with Crippen LogP contribution >= 0.6 is 0 Å². The molecular weight excluding hydrogens is 302 g/mol. The minimum atomic E-state index is -1.21. The molecule has 8 nitrogen and oxygen atoms in total. The Bertz CT molecular complexity index is 520. The Morgan fingerprint density at radius 1 is 1.13 bits per heavy atom. The van der Waals surface area contributed by atoms with E-state index < -0.39 is 29.9 Å². The van der Waals surface area contributed by atoms with Crippen LogP contribution in [0.15, 0.2) is 11.8 Å². The van der Waals surface area contributed by atoms with Crippen molar-refractivity contribution in [2.24, 2.45) is 11.8 Å². The van der Waals surface area contributed by atoms with Gasteiger partial charge in [0.05, 0.1) is 0 Å². The average molecular weight is 325 g/mol. The van der Waals surface area contributed by atoms with Crippen molar-refractivity contribution in [3.05, 3.63) is 11.8 Å². The standard InChI is InChI=1S/C15H23N3O5/c1-8(2)5-11(14(20)21)17-7-10(6-16)13(19)18-12(9(3)4)15(22)23/h7-9,11-12,17H,5H2,1-4H3,(H,18,19)(H,20,21)(H,22,23)/b10-7-. The first-order valence-electron chi connectivity index (χ1n) is 7.22. The third kappa shape index (κ3) is 7.31. The second-order valence-electron chi connectivity index (χ2n) is 5.89. The summed E-state index contributed by atoms with van der Waals surface area (Å²) in [7, 11) is 0. The molecule has 0 aromatic carbocycles. The maximum absolute atomic E-state index is 11.9. The molecule has 0 rings (SSSR count). The number of rotatable bonds is 9. The lowest BCUT2D eigenvalue weighted by molar-refractivity contribution is -0.142. The summed E-state index contributed by atoms with van der Waals surface area (Å²) in [6.45, 7) is 6.94. The van der Waals surface area contributed by atoms with Crippen LogP contribution in [0.5, 0.6) is 0 Å². The molecule has 8 heteroatoms. The molecule has 0 aromatic rings. The van der Waals surface area contributed by atoms with Gasteiger partial charge in [-0.15, -0.1) is 0 Å². The molecule has 23 heavy (non-hydrogen) atoms. The van der Waals surface area contributed by atoms with Crippen molar-refractivity contribution in [2.45, 2.75) is 46.2 Å². The van der Waals surface area contributed by atoms with E-state index in [0.29, 0.717) is 6.42 Å². The molecule has 0 bridgehead atoms. The van der Waals surface area contributed by atoms with Crippen LogP contribution < -0.4 is 10.6 Å². The van der Waals surface area contributed by atoms with Gasteiger partial charge in [0.15, 0.2) is 0 Å². The zero-order chi connectivity index (χ0) is 18.2. The van der Waals surface area contributed by atoms with Gasteiger partial charge >= 0.3 is 11.9 Å². The fourth-order valence-electron chi connectivity index (χ4n) is 1.78. The van der Waals surface area contributed by atoms with E-state index in [1.165, 1.54) is 0 Å². The molecule has 2 unspecified atom stereocenters. The summed E-state index contributed by atoms with van der Waals surface area (Å²) in [4.78, 5) is 34.1. The zero-order valence-electron chi connectivity index (χ0n) is 13.7. The van der Waals surface area contributed by atoms with Crippen molar-refractivity contribution in [1.29, 1.82) is 5.26 Å². The van der Waals surface area contributed by atoms with E-state index in [4.69, 9.17) is 15.5 Å². The Hall–Kier alpha value is -2.56. The summed E-state index contributed by atoms with van der Waals surface area (Å²) < 4.78 is 0. The molecule has 0 aliphatic heterocycles. The van der Waals surface area contributed by atoms with E-state index in [-0.39, 0.29) is 17.4 Å². The minimum absolute atomic E-state index is 0.105. The van der Waals surface area contributed by atoms with E-state index in [2.05, 4.69) is 10.6 Å². The second-order valence-corrected chi connectivity index (χ2v) is 5.89. The number of carboxylic acids is 2. The first-order chi connectivity index (χ1) is 10.6. The summed E-state index contributed by atoms with van der Waals surface area (Å²) in [5.41, 5.74) is -0.382. The van der Waals surface area contributed by atoms with Crippen molar-refractivity contribution >= 4 is 17.8 Å². The van der Waals surface area contributed by atoms with Crippen LogP contribution in [0.4, 0.5) is 0 Å². The largest absolute Gasteiger partial charge is 0.480 e. The Kier molecular flexibility index (Phi) is 8.40. The van der Waals surface area contributed by atoms with E-state index in [9.17, 15) is 14.4 Å². The molecule has 0 saturated carbocycles. The minimum Gasteiger partial charge on any atom is -0.480 e. The molecule has 128 valence electrons. The van der Waals surface area contributed by atoms with Gasteiger partial charge in [-0.1, -0.05) is 27.7 Å². The number of nitriles is 1. The van der Waals surface area contributed by atoms with Crippen molar-refractivity contribution < 1.29 is 24.6 Å². The van der Waals surface area contributed by atoms with Crippen LogP contribution in [-0.4, -0.2) is 40.1 Å². The fourth-order valence-corrected chi connectivity index (χ4v) is 1.78. The number of carbonyl (C=O) groups excluding carboxylic acids is 1. The number of hydrogen-bond donors (Lipinski definition) is 4. The van der Waals surface area contributed by atoms with Gasteiger partial charge in [0, 0.05) is 6.20 Å². The van der Waals surface area contributed by atoms with Gasteiger partial charge < -0.3 is 20.8 Å². The molecule has 2 atom stereocenters. The van der Waals surface area contributed by atoms with Crippen molar-refractivity contribution in [3.63, 3.8) is 0 Å². The van der Waals surface area contributed by atoms with Crippen LogP contribution in [0, 0.1) is 23.2 Å². The first-order valence-corrected chi connectivity index (χ1v) is 7.22. The monoisotopic (exact) mass is 325 g/mol. The topological polar surface area (TPSA) is 140 Å². The summed E-state index contributed by atoms with van der Waals surface area (Å²) in [6, 6.07) is -0.439. The van der Waals surface area contributed by atoms with Crippen LogP contribution in [0.1, 0.15) is 34.1 Å². The molecule has 0 heterocycles. The van der Waals surface area contributed by atoms with Gasteiger partial charge in [-0.2, -0.15) is 5.26 Å². The third-order valence-corrected chi connectivity index (χ3v) is 3.02. The maximum Gasteiger partial charge on any atom is 0.326 e. The van der Waals surface area contributed by atoms with Crippen LogP contribution in [0.25, 0.3) is 0 Å². The number of hydrogen-bond acceptors (Lipinski definition) is 5. The number of aliphatic carboxylic acids is 2. The maximum atomic E-state index is 11.9. The lowest BCUT2D eigenvalue weighted by Gasteiger charge is -2.18. The predicted molar refractivity (Wildman–Crippen MR) is 82.1 cm³/mol. The third-order valence-electron chi connectivity index (χ3n) is 3.02. The van der Waals surface area contributed by atoms with Crippen molar-refractivity contribution in [3.8, 4) is 6.07 Å². The highest BCUT2D eigenvalue weighted by Gasteiger charge is 2.25. The predicted octanol–water partition coefficient (Wildman–Crippen LogP) is 0.708. The molecule has 0 saturated heterocycles. The first kappa shape index (κ1) is 20.4. The molecule has 0 aromatic heterocycles. The van der Waals surface area contributed by atoms with Crippen molar-refractivity contribution in [2.75, 3.05) is 0 Å². The van der Waals surface area contributed by atoms with Gasteiger partial charge in [-0.25, -0.2) is 9.59 Å². The second kappa shape index (κ2) is 9.46. The number of nitrogens with zero attached hydrogens (tertiary/aromatic N) is 1. The average Bonchev–Trinajstić information content (AvgIpc) is 2.42. The Morgan fingerprint density at radius 2 is 1.70 bits per heavy atom. The summed E-state index contributed by atoms with van der Waals surface area (Å²) in [5.74, 6) is -3.43. The highest BCUT2D eigenvalue weighted by molar-refractivity contribution is 5.99. The number of amides is 1. The van der Waals surface area contributed by atoms with E-state index in [0.717, 1.165) is 6.20 Å². The summed E-state index contributed by atoms with van der Waals surface area (Å²) >= 11 is 0. The van der Waals surface area contributed by atoms with Gasteiger partial charge in [0.1, 0.15) is 23.7 Å². The smallest absolute Gasteiger partial charge is 0.326 e. The van der Waals surface area contributed by atoms with Crippen LogP contribution in [-0.2, 0) is 14.4 Å². The Morgan fingerprint density at radius 3 is 2.04 bits per heavy atom. The Labute approximate surface area is 135 Å². The normalized spacial score (nSPS) is 14.0. The molecule has 0 aliphatic carbocycles. The molecule has 4 N–H and O–H groups in total. The molecule has 0 fully saturated rings. The zero-order valence-corrected chi connectivity index (χ0v) is 13.7. The quantitative estimate of drug-likeness (QED) is 0.361. The highest BCUT2D eigenvalue weighted by atomic mass is 16.4. The number of nitrogens with one attached hydrogen (secondary N) is 2. The Balaban J connectivity index is 5.05. The van der Waals surface area contributed by atoms with E-state index in [1.54, 1.807) is 19.9 Å². The molecular formula is C15H23N3O5. The highest BCUT2D eigenvalue weighted by Crippen LogP contribution is 2.06. The van der Waals surface area contributed by atoms with Crippen LogP contribution in [0.2, 0.25) is 0 Å². The van der Waals surface area contributed by atoms with Crippen LogP contribution in [0.3, 0.4) is 0 Å². The molecule has 1 amide bonds. The van der Waals surface area contributed by atoms with E-state index in [1.807, 2.05) is 13.8 Å². The lowest BCUT2D eigenvalue weighted by Crippen LogP contribution is -2.45. The van der Waals surface area contributed by atoms with Crippen molar-refractivity contribution in [1.82, 2.24) is 10.6 Å². The van der Waals surface area contributed by atoms with Gasteiger partial charge in [0.25, 0.3) is 5.91 Å². The molecule has 0 aliphatic rings. The van der Waals surface area contributed by atoms with Gasteiger partial charge in [-0.3, -0.25) is 4.79 Å². The van der Waals surface area contributed by atoms with Gasteiger partial charge in [0.2, 0.25) is 0 Å².